The summed E-state index contributed by atoms with van der Waals surface area (Å²) in [6.07, 6.45) is 7.28. The van der Waals surface area contributed by atoms with Crippen LogP contribution in [-0.4, -0.2) is 20.7 Å². The highest BCUT2D eigenvalue weighted by Gasteiger charge is 2.22. The minimum atomic E-state index is 0.151. The van der Waals surface area contributed by atoms with Gasteiger partial charge in [-0.05, 0) is 31.4 Å². The number of amides is 1. The number of benzene rings is 1. The Hall–Kier alpha value is -2.17. The van der Waals surface area contributed by atoms with Gasteiger partial charge < -0.3 is 9.88 Å². The molecule has 0 saturated heterocycles. The molecule has 1 saturated carbocycles. The summed E-state index contributed by atoms with van der Waals surface area (Å²) in [6, 6.07) is 5.92. The summed E-state index contributed by atoms with van der Waals surface area (Å²) >= 11 is 0. The van der Waals surface area contributed by atoms with Crippen LogP contribution in [0.3, 0.4) is 0 Å². The van der Waals surface area contributed by atoms with Crippen molar-refractivity contribution < 1.29 is 4.79 Å². The number of nitrogens with zero attached hydrogens (tertiary/aromatic N) is 3. The van der Waals surface area contributed by atoms with Gasteiger partial charge in [0.25, 0.3) is 0 Å². The van der Waals surface area contributed by atoms with Crippen molar-refractivity contribution in [3.63, 3.8) is 0 Å². The Balaban J connectivity index is 1.83. The van der Waals surface area contributed by atoms with Gasteiger partial charge in [-0.2, -0.15) is 0 Å². The van der Waals surface area contributed by atoms with Crippen molar-refractivity contribution in [1.82, 2.24) is 14.8 Å². The van der Waals surface area contributed by atoms with E-state index in [1.165, 1.54) is 6.42 Å². The molecule has 1 amide bonds. The van der Waals surface area contributed by atoms with E-state index in [1.54, 1.807) is 6.33 Å². The van der Waals surface area contributed by atoms with Crippen LogP contribution in [0.1, 0.15) is 37.7 Å². The lowest BCUT2D eigenvalue weighted by atomic mass is 9.88. The predicted molar refractivity (Wildman–Crippen MR) is 86.4 cm³/mol. The van der Waals surface area contributed by atoms with Gasteiger partial charge in [-0.25, -0.2) is 0 Å². The molecule has 1 fully saturated rings. The van der Waals surface area contributed by atoms with E-state index in [4.69, 9.17) is 0 Å². The molecular formula is C17H22N4O. The monoisotopic (exact) mass is 298 g/mol. The second-order valence-corrected chi connectivity index (χ2v) is 6.07. The van der Waals surface area contributed by atoms with Gasteiger partial charge >= 0.3 is 0 Å². The Morgan fingerprint density at radius 2 is 2.05 bits per heavy atom. The average Bonchev–Trinajstić information content (AvgIpc) is 2.96. The molecule has 3 rings (SSSR count). The highest BCUT2D eigenvalue weighted by molar-refractivity contribution is 5.94. The fraction of sp³-hybridized carbons (Fsp3) is 0.471. The Morgan fingerprint density at radius 3 is 2.73 bits per heavy atom. The van der Waals surface area contributed by atoms with Crippen molar-refractivity contribution in [2.24, 2.45) is 13.0 Å². The van der Waals surface area contributed by atoms with Crippen LogP contribution in [0.25, 0.3) is 11.4 Å². The van der Waals surface area contributed by atoms with Crippen LogP contribution in [-0.2, 0) is 11.8 Å². The van der Waals surface area contributed by atoms with Gasteiger partial charge in [0.1, 0.15) is 6.33 Å². The molecule has 0 radical (unpaired) electrons. The maximum atomic E-state index is 12.4. The molecule has 1 heterocycles. The summed E-state index contributed by atoms with van der Waals surface area (Å²) in [6.45, 7) is 2.01. The zero-order valence-electron chi connectivity index (χ0n) is 13.2. The fourth-order valence-electron chi connectivity index (χ4n) is 3.14. The lowest BCUT2D eigenvalue weighted by molar-refractivity contribution is -0.120. The number of nitrogens with one attached hydrogen (secondary N) is 1. The average molecular weight is 298 g/mol. The largest absolute Gasteiger partial charge is 0.326 e. The van der Waals surface area contributed by atoms with Crippen LogP contribution in [0.5, 0.6) is 0 Å². The Morgan fingerprint density at radius 1 is 1.27 bits per heavy atom. The number of carbonyl (C=O) groups is 1. The number of anilines is 1. The van der Waals surface area contributed by atoms with E-state index < -0.39 is 0 Å². The van der Waals surface area contributed by atoms with Crippen LogP contribution in [0.4, 0.5) is 5.69 Å². The van der Waals surface area contributed by atoms with Crippen LogP contribution >= 0.6 is 0 Å². The van der Waals surface area contributed by atoms with Gasteiger partial charge in [0.2, 0.25) is 5.91 Å². The standard InChI is InChI=1S/C17H22N4O/c1-12-14(16-20-18-11-21(16)2)9-6-10-15(12)19-17(22)13-7-4-3-5-8-13/h6,9-11,13H,3-5,7-8H2,1-2H3,(H,19,22). The minimum absolute atomic E-state index is 0.151. The van der Waals surface area contributed by atoms with Gasteiger partial charge in [-0.3, -0.25) is 4.79 Å². The number of hydrogen-bond acceptors (Lipinski definition) is 3. The number of rotatable bonds is 3. The number of carbonyl (C=O) groups excluding carboxylic acids is 1. The van der Waals surface area contributed by atoms with Crippen LogP contribution in [0.15, 0.2) is 24.5 Å². The number of aryl methyl sites for hydroxylation is 1. The molecular weight excluding hydrogens is 276 g/mol. The Bertz CT molecular complexity index is 671. The molecule has 0 atom stereocenters. The highest BCUT2D eigenvalue weighted by Crippen LogP contribution is 2.29. The third-order valence-corrected chi connectivity index (χ3v) is 4.52. The van der Waals surface area contributed by atoms with E-state index >= 15 is 0 Å². The molecule has 1 aliphatic carbocycles. The second-order valence-electron chi connectivity index (χ2n) is 6.07. The van der Waals surface area contributed by atoms with E-state index in [2.05, 4.69) is 15.5 Å². The summed E-state index contributed by atoms with van der Waals surface area (Å²) in [5, 5.41) is 11.2. The zero-order chi connectivity index (χ0) is 15.5. The van der Waals surface area contributed by atoms with Crippen molar-refractivity contribution in [1.29, 1.82) is 0 Å². The molecule has 116 valence electrons. The maximum absolute atomic E-state index is 12.4. The molecule has 0 aliphatic heterocycles. The smallest absolute Gasteiger partial charge is 0.227 e. The molecule has 1 N–H and O–H groups in total. The summed E-state index contributed by atoms with van der Waals surface area (Å²) < 4.78 is 1.88. The van der Waals surface area contributed by atoms with Gasteiger partial charge in [0.15, 0.2) is 5.82 Å². The minimum Gasteiger partial charge on any atom is -0.326 e. The molecule has 5 nitrogen and oxygen atoms in total. The van der Waals surface area contributed by atoms with E-state index in [-0.39, 0.29) is 11.8 Å². The molecule has 5 heteroatoms. The van der Waals surface area contributed by atoms with Gasteiger partial charge in [0.05, 0.1) is 0 Å². The highest BCUT2D eigenvalue weighted by atomic mass is 16.1. The molecule has 1 aromatic carbocycles. The normalized spacial score (nSPS) is 15.7. The molecule has 1 aromatic heterocycles. The molecule has 1 aliphatic rings. The van der Waals surface area contributed by atoms with Crippen LogP contribution in [0, 0.1) is 12.8 Å². The third-order valence-electron chi connectivity index (χ3n) is 4.52. The molecule has 22 heavy (non-hydrogen) atoms. The zero-order valence-corrected chi connectivity index (χ0v) is 13.2. The number of aromatic nitrogens is 3. The first-order valence-corrected chi connectivity index (χ1v) is 7.91. The molecule has 0 unspecified atom stereocenters. The lowest BCUT2D eigenvalue weighted by Crippen LogP contribution is -2.25. The predicted octanol–water partition coefficient (Wildman–Crippen LogP) is 3.31. The number of hydrogen-bond donors (Lipinski definition) is 1. The van der Waals surface area contributed by atoms with Gasteiger partial charge in [0, 0.05) is 24.2 Å². The fourth-order valence-corrected chi connectivity index (χ4v) is 3.14. The lowest BCUT2D eigenvalue weighted by Gasteiger charge is -2.21. The van der Waals surface area contributed by atoms with E-state index in [1.807, 2.05) is 36.7 Å². The quantitative estimate of drug-likeness (QED) is 0.945. The summed E-state index contributed by atoms with van der Waals surface area (Å²) in [4.78, 5) is 12.4. The van der Waals surface area contributed by atoms with Crippen LogP contribution < -0.4 is 5.32 Å². The maximum Gasteiger partial charge on any atom is 0.227 e. The van der Waals surface area contributed by atoms with Gasteiger partial charge in [-0.1, -0.05) is 31.4 Å². The first-order valence-electron chi connectivity index (χ1n) is 7.91. The van der Waals surface area contributed by atoms with E-state index in [9.17, 15) is 4.79 Å². The second kappa shape index (κ2) is 6.30. The van der Waals surface area contributed by atoms with Crippen molar-refractivity contribution in [3.05, 3.63) is 30.1 Å². The SMILES string of the molecule is Cc1c(NC(=O)C2CCCCC2)cccc1-c1nncn1C. The van der Waals surface area contributed by atoms with Crippen molar-refractivity contribution in [3.8, 4) is 11.4 Å². The van der Waals surface area contributed by atoms with Crippen molar-refractivity contribution >= 4 is 11.6 Å². The summed E-state index contributed by atoms with van der Waals surface area (Å²) in [5.74, 6) is 1.12. The summed E-state index contributed by atoms with van der Waals surface area (Å²) in [7, 11) is 1.92. The first-order chi connectivity index (χ1) is 10.7. The van der Waals surface area contributed by atoms with E-state index in [0.29, 0.717) is 0 Å². The Kier molecular flexibility index (Phi) is 4.22. The topological polar surface area (TPSA) is 59.8 Å². The van der Waals surface area contributed by atoms with E-state index in [0.717, 1.165) is 48.3 Å². The first kappa shape index (κ1) is 14.8. The van der Waals surface area contributed by atoms with Gasteiger partial charge in [-0.15, -0.1) is 10.2 Å². The molecule has 0 spiro atoms. The van der Waals surface area contributed by atoms with Crippen LogP contribution in [0.2, 0.25) is 0 Å². The Labute approximate surface area is 130 Å². The van der Waals surface area contributed by atoms with Crippen molar-refractivity contribution in [2.75, 3.05) is 5.32 Å². The molecule has 0 bridgehead atoms. The third kappa shape index (κ3) is 2.89. The molecule has 2 aromatic rings. The summed E-state index contributed by atoms with van der Waals surface area (Å²) in [5.41, 5.74) is 2.90. The van der Waals surface area contributed by atoms with Crippen molar-refractivity contribution in [2.45, 2.75) is 39.0 Å².